The van der Waals surface area contributed by atoms with Gasteiger partial charge < -0.3 is 0 Å². The fraction of sp³-hybridized carbons (Fsp3) is 0. The van der Waals surface area contributed by atoms with Crippen LogP contribution in [0.5, 0.6) is 0 Å². The molecule has 0 saturated carbocycles. The van der Waals surface area contributed by atoms with E-state index in [0.717, 1.165) is 33.4 Å². The highest BCUT2D eigenvalue weighted by Crippen LogP contribution is 2.44. The van der Waals surface area contributed by atoms with Gasteiger partial charge in [0.05, 0.1) is 0 Å². The zero-order chi connectivity index (χ0) is 33.7. The van der Waals surface area contributed by atoms with Crippen LogP contribution in [-0.2, 0) is 0 Å². The Morgan fingerprint density at radius 2 is 0.843 bits per heavy atom. The molecule has 0 amide bonds. The van der Waals surface area contributed by atoms with E-state index in [1.165, 1.54) is 47.3 Å². The molecule has 0 fully saturated rings. The first kappa shape index (κ1) is 29.4. The minimum absolute atomic E-state index is 0.647. The third-order valence-electron chi connectivity index (χ3n) is 9.72. The quantitative estimate of drug-likeness (QED) is 0.171. The van der Waals surface area contributed by atoms with Crippen LogP contribution < -0.4 is 0 Å². The number of fused-ring (bicyclic) bond motifs is 7. The Morgan fingerprint density at radius 1 is 0.314 bits per heavy atom. The number of nitrogens with zero attached hydrogens (tertiary/aromatic N) is 3. The van der Waals surface area contributed by atoms with Crippen LogP contribution in [0.4, 0.5) is 0 Å². The molecule has 8 aromatic carbocycles. The summed E-state index contributed by atoms with van der Waals surface area (Å²) >= 11 is 1.89. The van der Waals surface area contributed by atoms with Crippen molar-refractivity contribution in [3.05, 3.63) is 176 Å². The zero-order valence-electron chi connectivity index (χ0n) is 27.5. The topological polar surface area (TPSA) is 38.7 Å². The third kappa shape index (κ3) is 5.16. The first-order chi connectivity index (χ1) is 25.3. The second-order valence-corrected chi connectivity index (χ2v) is 13.8. The molecule has 0 unspecified atom stereocenters. The first-order valence-corrected chi connectivity index (χ1v) is 17.9. The molecular formula is C47H29N3S. The Labute approximate surface area is 299 Å². The predicted octanol–water partition coefficient (Wildman–Crippen LogP) is 12.9. The summed E-state index contributed by atoms with van der Waals surface area (Å²) in [6.07, 6.45) is 0. The summed E-state index contributed by atoms with van der Waals surface area (Å²) in [5, 5.41) is 7.78. The molecule has 0 saturated heterocycles. The molecule has 0 N–H and O–H groups in total. The van der Waals surface area contributed by atoms with E-state index in [4.69, 9.17) is 15.0 Å². The van der Waals surface area contributed by atoms with Crippen molar-refractivity contribution in [1.29, 1.82) is 0 Å². The molecular weight excluding hydrogens is 639 g/mol. The van der Waals surface area contributed by atoms with Gasteiger partial charge in [0.25, 0.3) is 0 Å². The lowest BCUT2D eigenvalue weighted by molar-refractivity contribution is 1.07. The fourth-order valence-electron chi connectivity index (χ4n) is 7.19. The maximum Gasteiger partial charge on any atom is 0.164 e. The van der Waals surface area contributed by atoms with Gasteiger partial charge in [-0.15, -0.1) is 11.3 Å². The Kier molecular flexibility index (Phi) is 7.00. The first-order valence-electron chi connectivity index (χ1n) is 17.1. The second kappa shape index (κ2) is 12.1. The fourth-order valence-corrected chi connectivity index (χ4v) is 8.59. The van der Waals surface area contributed by atoms with Gasteiger partial charge in [-0.2, -0.15) is 0 Å². The summed E-state index contributed by atoms with van der Waals surface area (Å²) < 4.78 is 2.64. The van der Waals surface area contributed by atoms with Gasteiger partial charge in [0, 0.05) is 42.2 Å². The van der Waals surface area contributed by atoms with Crippen molar-refractivity contribution >= 4 is 53.1 Å². The molecule has 10 rings (SSSR count). The summed E-state index contributed by atoms with van der Waals surface area (Å²) in [5.41, 5.74) is 7.52. The van der Waals surface area contributed by atoms with Gasteiger partial charge in [-0.25, -0.2) is 15.0 Å². The Morgan fingerprint density at radius 3 is 1.63 bits per heavy atom. The van der Waals surface area contributed by atoms with Crippen LogP contribution >= 0.6 is 11.3 Å². The van der Waals surface area contributed by atoms with Crippen LogP contribution in [0.1, 0.15) is 0 Å². The van der Waals surface area contributed by atoms with E-state index in [1.54, 1.807) is 0 Å². The highest BCUT2D eigenvalue weighted by atomic mass is 32.1. The zero-order valence-corrected chi connectivity index (χ0v) is 28.3. The van der Waals surface area contributed by atoms with E-state index in [1.807, 2.05) is 47.7 Å². The van der Waals surface area contributed by atoms with Crippen LogP contribution in [0.15, 0.2) is 176 Å². The van der Waals surface area contributed by atoms with Gasteiger partial charge >= 0.3 is 0 Å². The van der Waals surface area contributed by atoms with Crippen molar-refractivity contribution in [3.8, 4) is 56.4 Å². The molecule has 0 aliphatic rings. The minimum Gasteiger partial charge on any atom is -0.208 e. The van der Waals surface area contributed by atoms with E-state index >= 15 is 0 Å². The smallest absolute Gasteiger partial charge is 0.164 e. The van der Waals surface area contributed by atoms with Crippen molar-refractivity contribution in [2.45, 2.75) is 0 Å². The average Bonchev–Trinajstić information content (AvgIpc) is 3.60. The van der Waals surface area contributed by atoms with Gasteiger partial charge in [0.15, 0.2) is 17.5 Å². The van der Waals surface area contributed by atoms with E-state index in [2.05, 4.69) is 140 Å². The largest absolute Gasteiger partial charge is 0.208 e. The third-order valence-corrected chi connectivity index (χ3v) is 11.0. The number of rotatable bonds is 5. The van der Waals surface area contributed by atoms with Crippen molar-refractivity contribution < 1.29 is 0 Å². The summed E-state index contributed by atoms with van der Waals surface area (Å²) in [6.45, 7) is 0. The van der Waals surface area contributed by atoms with E-state index in [-0.39, 0.29) is 0 Å². The minimum atomic E-state index is 0.647. The van der Waals surface area contributed by atoms with Crippen LogP contribution in [0.2, 0.25) is 0 Å². The van der Waals surface area contributed by atoms with Gasteiger partial charge in [0.1, 0.15) is 0 Å². The summed E-state index contributed by atoms with van der Waals surface area (Å²) in [6, 6.07) is 62.0. The Balaban J connectivity index is 1.08. The molecule has 10 aromatic rings. The lowest BCUT2D eigenvalue weighted by Crippen LogP contribution is -2.00. The normalized spacial score (nSPS) is 11.5. The van der Waals surface area contributed by atoms with E-state index in [0.29, 0.717) is 17.5 Å². The van der Waals surface area contributed by atoms with Crippen LogP contribution in [0.3, 0.4) is 0 Å². The van der Waals surface area contributed by atoms with Gasteiger partial charge in [-0.05, 0) is 44.5 Å². The molecule has 2 heterocycles. The number of thiophene rings is 1. The molecule has 4 heteroatoms. The van der Waals surface area contributed by atoms with Crippen LogP contribution in [-0.4, -0.2) is 15.0 Å². The van der Waals surface area contributed by atoms with E-state index in [9.17, 15) is 0 Å². The number of hydrogen-bond donors (Lipinski definition) is 0. The summed E-state index contributed by atoms with van der Waals surface area (Å²) in [5.74, 6) is 1.95. The molecule has 238 valence electrons. The summed E-state index contributed by atoms with van der Waals surface area (Å²) in [7, 11) is 0. The van der Waals surface area contributed by atoms with Gasteiger partial charge in [-0.3, -0.25) is 0 Å². The lowest BCUT2D eigenvalue weighted by Gasteiger charge is -2.10. The van der Waals surface area contributed by atoms with Crippen LogP contribution in [0, 0.1) is 0 Å². The molecule has 0 aliphatic carbocycles. The maximum atomic E-state index is 5.05. The monoisotopic (exact) mass is 667 g/mol. The van der Waals surface area contributed by atoms with Crippen molar-refractivity contribution in [2.24, 2.45) is 0 Å². The Bertz CT molecular complexity index is 2900. The highest BCUT2D eigenvalue weighted by Gasteiger charge is 2.16. The van der Waals surface area contributed by atoms with Gasteiger partial charge in [0.2, 0.25) is 0 Å². The average molecular weight is 668 g/mol. The molecule has 51 heavy (non-hydrogen) atoms. The molecule has 0 bridgehead atoms. The standard InChI is InChI=1S/C47H29N3S/c1-3-11-30(12-4-1)36-16-9-17-37(29-36)47-49-45(34-14-5-2-6-15-34)48-46(50-47)35-25-22-32(23-26-35)39-19-10-20-40-41-28-27-33-24-21-31-13-7-8-18-38(31)42(33)44(41)51-43(39)40/h1-29H. The Hall–Kier alpha value is -6.49. The molecule has 0 aliphatic heterocycles. The number of benzene rings is 8. The van der Waals surface area contributed by atoms with Crippen LogP contribution in [0.25, 0.3) is 98.1 Å². The predicted molar refractivity (Wildman–Crippen MR) is 215 cm³/mol. The number of hydrogen-bond acceptors (Lipinski definition) is 4. The summed E-state index contributed by atoms with van der Waals surface area (Å²) in [4.78, 5) is 15.0. The highest BCUT2D eigenvalue weighted by molar-refractivity contribution is 7.27. The number of aromatic nitrogens is 3. The SMILES string of the molecule is c1ccc(-c2cccc(-c3nc(-c4ccccc4)nc(-c4ccc(-c5cccc6c5sc5c6ccc6ccc7ccccc7c65)cc4)n3)c2)cc1. The maximum absolute atomic E-state index is 5.05. The molecule has 2 aromatic heterocycles. The second-order valence-electron chi connectivity index (χ2n) is 12.8. The van der Waals surface area contributed by atoms with Gasteiger partial charge in [-0.1, -0.05) is 170 Å². The molecule has 0 spiro atoms. The molecule has 0 radical (unpaired) electrons. The van der Waals surface area contributed by atoms with Crippen molar-refractivity contribution in [3.63, 3.8) is 0 Å². The lowest BCUT2D eigenvalue weighted by atomic mass is 9.98. The molecule has 0 atom stereocenters. The van der Waals surface area contributed by atoms with Crippen molar-refractivity contribution in [1.82, 2.24) is 15.0 Å². The molecule has 3 nitrogen and oxygen atoms in total. The van der Waals surface area contributed by atoms with Crippen molar-refractivity contribution in [2.75, 3.05) is 0 Å². The van der Waals surface area contributed by atoms with E-state index < -0.39 is 0 Å².